The molecule has 1 fully saturated rings. The van der Waals surface area contributed by atoms with E-state index in [0.717, 1.165) is 44.1 Å². The highest BCUT2D eigenvalue weighted by atomic mass is 32.1. The van der Waals surface area contributed by atoms with E-state index >= 15 is 0 Å². The van der Waals surface area contributed by atoms with Gasteiger partial charge in [-0.05, 0) is 44.1 Å². The lowest BCUT2D eigenvalue weighted by atomic mass is 9.95. The van der Waals surface area contributed by atoms with E-state index < -0.39 is 6.10 Å². The van der Waals surface area contributed by atoms with Gasteiger partial charge in [-0.1, -0.05) is 0 Å². The first-order chi connectivity index (χ1) is 10.2. The number of fused-ring (bicyclic) bond motifs is 1. The monoisotopic (exact) mass is 309 g/mol. The molecule has 1 aliphatic carbocycles. The second-order valence-corrected chi connectivity index (χ2v) is 6.50. The van der Waals surface area contributed by atoms with Gasteiger partial charge in [0.2, 0.25) is 0 Å². The summed E-state index contributed by atoms with van der Waals surface area (Å²) >= 11 is 1.50. The average Bonchev–Trinajstić information content (AvgIpc) is 3.13. The summed E-state index contributed by atoms with van der Waals surface area (Å²) in [5, 5.41) is 3.50. The molecule has 1 N–H and O–H groups in total. The van der Waals surface area contributed by atoms with Crippen molar-refractivity contribution in [2.24, 2.45) is 0 Å². The molecule has 1 aromatic rings. The van der Waals surface area contributed by atoms with Gasteiger partial charge in [-0.3, -0.25) is 4.79 Å². The van der Waals surface area contributed by atoms with Crippen molar-refractivity contribution >= 4 is 28.2 Å². The summed E-state index contributed by atoms with van der Waals surface area (Å²) in [7, 11) is 1.38. The molecule has 1 saturated heterocycles. The molecule has 1 aliphatic heterocycles. The molecule has 114 valence electrons. The number of methoxy groups -OCH3 is 1. The molecule has 2 heterocycles. The Hall–Kier alpha value is -1.40. The summed E-state index contributed by atoms with van der Waals surface area (Å²) in [6.07, 6.45) is 5.31. The predicted molar refractivity (Wildman–Crippen MR) is 79.9 cm³/mol. The van der Waals surface area contributed by atoms with Crippen LogP contribution in [-0.4, -0.2) is 31.7 Å². The van der Waals surface area contributed by atoms with Crippen LogP contribution in [0, 0.1) is 0 Å². The molecule has 1 amide bonds. The Morgan fingerprint density at radius 2 is 2.10 bits per heavy atom. The van der Waals surface area contributed by atoms with Gasteiger partial charge in [-0.2, -0.15) is 0 Å². The van der Waals surface area contributed by atoms with E-state index in [1.54, 1.807) is 0 Å². The molecule has 1 aromatic heterocycles. The minimum atomic E-state index is -0.394. The maximum atomic E-state index is 12.2. The first kappa shape index (κ1) is 14.5. The second kappa shape index (κ2) is 6.15. The lowest BCUT2D eigenvalue weighted by Gasteiger charge is -2.12. The molecule has 0 radical (unpaired) electrons. The summed E-state index contributed by atoms with van der Waals surface area (Å²) in [5.41, 5.74) is 1.60. The SMILES string of the molecule is COC(=O)c1c(NC(=O)C2CCCO2)sc2c1CCCC2. The number of esters is 1. The largest absolute Gasteiger partial charge is 0.465 e. The fourth-order valence-corrected chi connectivity index (χ4v) is 4.23. The zero-order chi connectivity index (χ0) is 14.8. The van der Waals surface area contributed by atoms with E-state index in [1.807, 2.05) is 0 Å². The molecule has 21 heavy (non-hydrogen) atoms. The Morgan fingerprint density at radius 3 is 2.81 bits per heavy atom. The van der Waals surface area contributed by atoms with Gasteiger partial charge in [0.25, 0.3) is 5.91 Å². The molecule has 6 heteroatoms. The number of ether oxygens (including phenoxy) is 2. The molecule has 0 bridgehead atoms. The Balaban J connectivity index is 1.88. The number of anilines is 1. The molecule has 0 saturated carbocycles. The van der Waals surface area contributed by atoms with E-state index in [9.17, 15) is 9.59 Å². The number of hydrogen-bond donors (Lipinski definition) is 1. The van der Waals surface area contributed by atoms with Crippen molar-refractivity contribution in [2.75, 3.05) is 19.0 Å². The minimum absolute atomic E-state index is 0.156. The van der Waals surface area contributed by atoms with Crippen LogP contribution in [0.4, 0.5) is 5.00 Å². The molecular formula is C15H19NO4S. The number of carbonyl (C=O) groups excluding carboxylic acids is 2. The van der Waals surface area contributed by atoms with Crippen LogP contribution in [0.2, 0.25) is 0 Å². The first-order valence-corrected chi connectivity index (χ1v) is 8.17. The van der Waals surface area contributed by atoms with Crippen molar-refractivity contribution in [2.45, 2.75) is 44.6 Å². The highest BCUT2D eigenvalue weighted by Crippen LogP contribution is 2.38. The molecule has 1 unspecified atom stereocenters. The number of carbonyl (C=O) groups is 2. The van der Waals surface area contributed by atoms with Gasteiger partial charge >= 0.3 is 5.97 Å². The van der Waals surface area contributed by atoms with E-state index in [-0.39, 0.29) is 11.9 Å². The lowest BCUT2D eigenvalue weighted by molar-refractivity contribution is -0.124. The summed E-state index contributed by atoms with van der Waals surface area (Å²) in [6.45, 7) is 0.628. The van der Waals surface area contributed by atoms with Gasteiger partial charge in [-0.15, -0.1) is 11.3 Å². The van der Waals surface area contributed by atoms with Crippen molar-refractivity contribution in [1.82, 2.24) is 0 Å². The maximum absolute atomic E-state index is 12.2. The Morgan fingerprint density at radius 1 is 1.29 bits per heavy atom. The van der Waals surface area contributed by atoms with Crippen LogP contribution in [0.15, 0.2) is 0 Å². The number of hydrogen-bond acceptors (Lipinski definition) is 5. The van der Waals surface area contributed by atoms with Crippen molar-refractivity contribution < 1.29 is 19.1 Å². The van der Waals surface area contributed by atoms with Crippen molar-refractivity contribution in [1.29, 1.82) is 0 Å². The Bertz CT molecular complexity index is 560. The van der Waals surface area contributed by atoms with Crippen molar-refractivity contribution in [3.63, 3.8) is 0 Å². The molecule has 0 spiro atoms. The summed E-state index contributed by atoms with van der Waals surface area (Å²) in [4.78, 5) is 25.5. The number of thiophene rings is 1. The number of amides is 1. The number of rotatable bonds is 3. The van der Waals surface area contributed by atoms with Crippen LogP contribution >= 0.6 is 11.3 Å². The van der Waals surface area contributed by atoms with Crippen LogP contribution < -0.4 is 5.32 Å². The third kappa shape index (κ3) is 2.82. The van der Waals surface area contributed by atoms with E-state index in [2.05, 4.69) is 5.32 Å². The Kier molecular flexibility index (Phi) is 4.26. The Labute approximate surface area is 127 Å². The molecule has 3 rings (SSSR count). The maximum Gasteiger partial charge on any atom is 0.341 e. The quantitative estimate of drug-likeness (QED) is 0.871. The van der Waals surface area contributed by atoms with Gasteiger partial charge in [0.15, 0.2) is 0 Å². The minimum Gasteiger partial charge on any atom is -0.465 e. The van der Waals surface area contributed by atoms with E-state index in [4.69, 9.17) is 9.47 Å². The van der Waals surface area contributed by atoms with Crippen LogP contribution in [0.25, 0.3) is 0 Å². The number of nitrogens with one attached hydrogen (secondary N) is 1. The molecule has 0 aromatic carbocycles. The first-order valence-electron chi connectivity index (χ1n) is 7.36. The molecule has 5 nitrogen and oxygen atoms in total. The molecular weight excluding hydrogens is 290 g/mol. The third-order valence-corrected chi connectivity index (χ3v) is 5.23. The normalized spacial score (nSPS) is 20.9. The highest BCUT2D eigenvalue weighted by molar-refractivity contribution is 7.17. The molecule has 2 aliphatic rings. The van der Waals surface area contributed by atoms with Gasteiger partial charge in [0, 0.05) is 11.5 Å². The lowest BCUT2D eigenvalue weighted by Crippen LogP contribution is -2.27. The van der Waals surface area contributed by atoms with E-state index in [0.29, 0.717) is 17.2 Å². The van der Waals surface area contributed by atoms with Crippen LogP contribution in [0.3, 0.4) is 0 Å². The van der Waals surface area contributed by atoms with Gasteiger partial charge in [0.1, 0.15) is 11.1 Å². The third-order valence-electron chi connectivity index (χ3n) is 4.02. The topological polar surface area (TPSA) is 64.6 Å². The van der Waals surface area contributed by atoms with Crippen LogP contribution in [0.5, 0.6) is 0 Å². The zero-order valence-electron chi connectivity index (χ0n) is 12.1. The van der Waals surface area contributed by atoms with Crippen LogP contribution in [0.1, 0.15) is 46.5 Å². The predicted octanol–water partition coefficient (Wildman–Crippen LogP) is 2.53. The van der Waals surface area contributed by atoms with E-state index in [1.165, 1.54) is 23.3 Å². The fraction of sp³-hybridized carbons (Fsp3) is 0.600. The van der Waals surface area contributed by atoms with Crippen molar-refractivity contribution in [3.05, 3.63) is 16.0 Å². The molecule has 1 atom stereocenters. The fourth-order valence-electron chi connectivity index (χ4n) is 2.95. The van der Waals surface area contributed by atoms with Crippen molar-refractivity contribution in [3.8, 4) is 0 Å². The van der Waals surface area contributed by atoms with Crippen LogP contribution in [-0.2, 0) is 27.1 Å². The smallest absolute Gasteiger partial charge is 0.341 e. The second-order valence-electron chi connectivity index (χ2n) is 5.40. The standard InChI is InChI=1S/C15H19NO4S/c1-19-15(18)12-9-5-2-3-7-11(9)21-14(12)16-13(17)10-6-4-8-20-10/h10H,2-8H2,1H3,(H,16,17). The number of aryl methyl sites for hydroxylation is 1. The summed E-state index contributed by atoms with van der Waals surface area (Å²) in [6, 6.07) is 0. The van der Waals surface area contributed by atoms with Gasteiger partial charge < -0.3 is 14.8 Å². The average molecular weight is 309 g/mol. The summed E-state index contributed by atoms with van der Waals surface area (Å²) < 4.78 is 10.3. The van der Waals surface area contributed by atoms with Gasteiger partial charge in [0.05, 0.1) is 12.7 Å². The van der Waals surface area contributed by atoms with Gasteiger partial charge in [-0.25, -0.2) is 4.79 Å². The summed E-state index contributed by atoms with van der Waals surface area (Å²) in [5.74, 6) is -0.520. The highest BCUT2D eigenvalue weighted by Gasteiger charge is 2.29. The zero-order valence-corrected chi connectivity index (χ0v) is 12.9.